The van der Waals surface area contributed by atoms with Gasteiger partial charge in [-0.1, -0.05) is 30.0 Å². The number of allylic oxidation sites excluding steroid dienone is 2. The molecule has 0 bridgehead atoms. The third-order valence-electron chi connectivity index (χ3n) is 6.38. The van der Waals surface area contributed by atoms with Crippen LogP contribution in [-0.2, 0) is 11.3 Å². The Morgan fingerprint density at radius 2 is 1.76 bits per heavy atom. The van der Waals surface area contributed by atoms with Crippen molar-refractivity contribution >= 4 is 75.0 Å². The van der Waals surface area contributed by atoms with E-state index in [1.165, 1.54) is 21.2 Å². The molecule has 0 saturated heterocycles. The molecule has 0 atom stereocenters. The van der Waals surface area contributed by atoms with Crippen LogP contribution in [0.2, 0.25) is 0 Å². The first kappa shape index (κ1) is 29.3. The number of carbonyl (C=O) groups is 1. The highest BCUT2D eigenvalue weighted by Gasteiger charge is 2.26. The normalized spacial score (nSPS) is 14.2. The van der Waals surface area contributed by atoms with Crippen LogP contribution in [0, 0.1) is 13.8 Å². The smallest absolute Gasteiger partial charge is 0.263 e. The van der Waals surface area contributed by atoms with Crippen molar-refractivity contribution in [2.24, 2.45) is 0 Å². The quantitative estimate of drug-likeness (QED) is 0.214. The van der Waals surface area contributed by atoms with Crippen LogP contribution >= 0.6 is 47.1 Å². The monoisotopic (exact) mass is 652 g/mol. The molecule has 6 nitrogen and oxygen atoms in total. The van der Waals surface area contributed by atoms with Crippen molar-refractivity contribution in [1.82, 2.24) is 0 Å². The van der Waals surface area contributed by atoms with Gasteiger partial charge in [-0.25, -0.2) is 0 Å². The zero-order valence-corrected chi connectivity index (χ0v) is 26.0. The Morgan fingerprint density at radius 1 is 1.08 bits per heavy atom. The van der Waals surface area contributed by atoms with Crippen molar-refractivity contribution in [3.05, 3.63) is 57.1 Å². The largest absolute Gasteiger partial charge is 0.550 e. The summed E-state index contributed by atoms with van der Waals surface area (Å²) in [5.74, 6) is 0.674. The number of halogens is 1. The molecular weight excluding hydrogens is 619 g/mol. The number of aliphatic carboxylic acids is 1. The molecule has 1 aromatic heterocycles. The first-order chi connectivity index (χ1) is 17.3. The summed E-state index contributed by atoms with van der Waals surface area (Å²) in [6.45, 7) is 9.59. The van der Waals surface area contributed by atoms with E-state index in [9.17, 15) is 9.90 Å². The molecule has 1 aliphatic heterocycles. The maximum atomic E-state index is 11.3. The highest BCUT2D eigenvalue weighted by atomic mass is 127. The standard InChI is InChI=1S/C28H32N2O4S2.HI/c1-7-19(13-26-29(8-2)20-11-17(3)22(33-5)15-24(20)35-26)14-27-30(10-9-28(31)32)21-12-18(4)23(34-6)16-25(21)36-27;/h11-16H,7-10H2,1-6H3;1H. The molecule has 9 heteroatoms. The maximum absolute atomic E-state index is 11.3. The summed E-state index contributed by atoms with van der Waals surface area (Å²) in [7, 11) is 3.38. The summed E-state index contributed by atoms with van der Waals surface area (Å²) in [6.07, 6.45) is 5.23. The Hall–Kier alpha value is -2.24. The van der Waals surface area contributed by atoms with Crippen LogP contribution in [0.5, 0.6) is 11.5 Å². The Balaban J connectivity index is 0.00000380. The van der Waals surface area contributed by atoms with Gasteiger partial charge in [0.2, 0.25) is 5.52 Å². The van der Waals surface area contributed by atoms with Gasteiger partial charge in [-0.2, -0.15) is 4.57 Å². The van der Waals surface area contributed by atoms with Gasteiger partial charge in [-0.05, 0) is 62.1 Å². The van der Waals surface area contributed by atoms with E-state index in [0.29, 0.717) is 6.54 Å². The second-order valence-electron chi connectivity index (χ2n) is 8.69. The van der Waals surface area contributed by atoms with Crippen molar-refractivity contribution in [2.45, 2.75) is 52.0 Å². The number of carboxylic acids is 1. The molecule has 37 heavy (non-hydrogen) atoms. The summed E-state index contributed by atoms with van der Waals surface area (Å²) in [4.78, 5) is 14.8. The SMILES string of the molecule is CCC(=Cc1sc2cc(OC)c(C)cc2[n+]1CCC(=O)[O-])C=C1Sc2cc(OC)c(C)cc2N1CC.I. The zero-order chi connectivity index (χ0) is 26.0. The highest BCUT2D eigenvalue weighted by Crippen LogP contribution is 2.48. The summed E-state index contributed by atoms with van der Waals surface area (Å²) < 4.78 is 14.2. The molecular formula is C28H33IN2O4S2. The third kappa shape index (κ3) is 6.09. The first-order valence-electron chi connectivity index (χ1n) is 12.1. The molecule has 0 saturated carbocycles. The van der Waals surface area contributed by atoms with Gasteiger partial charge >= 0.3 is 0 Å². The minimum absolute atomic E-state index is 0. The number of carboxylic acid groups (broad SMARTS) is 1. The number of hydrogen-bond donors (Lipinski definition) is 0. The van der Waals surface area contributed by atoms with Crippen molar-refractivity contribution in [3.63, 3.8) is 0 Å². The molecule has 3 aromatic rings. The lowest BCUT2D eigenvalue weighted by Gasteiger charge is -2.19. The van der Waals surface area contributed by atoms with Gasteiger partial charge in [0.25, 0.3) is 5.01 Å². The van der Waals surface area contributed by atoms with Crippen LogP contribution in [-0.4, -0.2) is 26.7 Å². The van der Waals surface area contributed by atoms with Gasteiger partial charge in [-0.3, -0.25) is 0 Å². The Kier molecular flexibility index (Phi) is 9.93. The molecule has 1 aliphatic rings. The Labute approximate surface area is 244 Å². The molecule has 0 unspecified atom stereocenters. The number of thiazole rings is 1. The topological polar surface area (TPSA) is 65.7 Å². The number of fused-ring (bicyclic) bond motifs is 2. The fraction of sp³-hybridized carbons (Fsp3) is 0.357. The van der Waals surface area contributed by atoms with Crippen molar-refractivity contribution < 1.29 is 23.9 Å². The number of anilines is 1. The average molecular weight is 653 g/mol. The van der Waals surface area contributed by atoms with Crippen LogP contribution < -0.4 is 24.0 Å². The van der Waals surface area contributed by atoms with Gasteiger partial charge in [0, 0.05) is 42.0 Å². The number of ether oxygens (including phenoxy) is 2. The van der Waals surface area contributed by atoms with Crippen LogP contribution in [0.1, 0.15) is 42.8 Å². The van der Waals surface area contributed by atoms with Crippen LogP contribution in [0.15, 0.2) is 45.8 Å². The van der Waals surface area contributed by atoms with Crippen LogP contribution in [0.3, 0.4) is 0 Å². The van der Waals surface area contributed by atoms with E-state index in [4.69, 9.17) is 9.47 Å². The number of aryl methyl sites for hydroxylation is 3. The lowest BCUT2D eigenvalue weighted by molar-refractivity contribution is -0.668. The van der Waals surface area contributed by atoms with E-state index >= 15 is 0 Å². The van der Waals surface area contributed by atoms with Gasteiger partial charge < -0.3 is 24.3 Å². The number of thioether (sulfide) groups is 1. The summed E-state index contributed by atoms with van der Waals surface area (Å²) in [5, 5.41) is 13.5. The average Bonchev–Trinajstić information content (AvgIpc) is 3.36. The lowest BCUT2D eigenvalue weighted by atomic mass is 10.1. The number of carbonyl (C=O) groups excluding carboxylic acids is 1. The molecule has 0 radical (unpaired) electrons. The van der Waals surface area contributed by atoms with Crippen molar-refractivity contribution in [3.8, 4) is 11.5 Å². The predicted octanol–water partition coefficient (Wildman–Crippen LogP) is 5.85. The maximum Gasteiger partial charge on any atom is 0.263 e. The van der Waals surface area contributed by atoms with Gasteiger partial charge in [0.05, 0.1) is 24.9 Å². The summed E-state index contributed by atoms with van der Waals surface area (Å²) >= 11 is 3.40. The van der Waals surface area contributed by atoms with Crippen LogP contribution in [0.4, 0.5) is 5.69 Å². The van der Waals surface area contributed by atoms with E-state index in [1.54, 1.807) is 37.3 Å². The van der Waals surface area contributed by atoms with Crippen LogP contribution in [0.25, 0.3) is 16.3 Å². The number of hydrogen-bond acceptors (Lipinski definition) is 7. The third-order valence-corrected chi connectivity index (χ3v) is 8.57. The minimum Gasteiger partial charge on any atom is -0.550 e. The van der Waals surface area contributed by atoms with E-state index in [-0.39, 0.29) is 30.4 Å². The number of nitrogens with zero attached hydrogens (tertiary/aromatic N) is 2. The number of benzene rings is 2. The summed E-state index contributed by atoms with van der Waals surface area (Å²) in [5.41, 5.74) is 5.52. The number of rotatable bonds is 9. The fourth-order valence-corrected chi connectivity index (χ4v) is 6.83. The minimum atomic E-state index is -1.05. The van der Waals surface area contributed by atoms with Gasteiger partial charge in [0.15, 0.2) is 6.54 Å². The molecule has 0 amide bonds. The molecule has 2 heterocycles. The summed E-state index contributed by atoms with van der Waals surface area (Å²) in [6, 6.07) is 8.41. The predicted molar refractivity (Wildman–Crippen MR) is 161 cm³/mol. The first-order valence-corrected chi connectivity index (χ1v) is 13.7. The van der Waals surface area contributed by atoms with E-state index < -0.39 is 5.97 Å². The fourth-order valence-electron chi connectivity index (χ4n) is 4.44. The lowest BCUT2D eigenvalue weighted by Crippen LogP contribution is -2.38. The second-order valence-corrected chi connectivity index (χ2v) is 10.8. The van der Waals surface area contributed by atoms with E-state index in [0.717, 1.165) is 50.8 Å². The number of methoxy groups -OCH3 is 2. The molecule has 0 aliphatic carbocycles. The van der Waals surface area contributed by atoms with Gasteiger partial charge in [-0.15, -0.1) is 24.0 Å². The molecule has 2 aromatic carbocycles. The Bertz CT molecular complexity index is 1380. The van der Waals surface area contributed by atoms with E-state index in [1.807, 2.05) is 13.0 Å². The van der Waals surface area contributed by atoms with Gasteiger partial charge in [0.1, 0.15) is 16.2 Å². The van der Waals surface area contributed by atoms with Crippen molar-refractivity contribution in [2.75, 3.05) is 25.7 Å². The van der Waals surface area contributed by atoms with Crippen molar-refractivity contribution in [1.29, 1.82) is 0 Å². The molecule has 4 rings (SSSR count). The molecule has 0 fully saturated rings. The second kappa shape index (κ2) is 12.5. The zero-order valence-electron chi connectivity index (χ0n) is 22.0. The Morgan fingerprint density at radius 3 is 2.38 bits per heavy atom. The van der Waals surface area contributed by atoms with E-state index in [2.05, 4.69) is 60.6 Å². The molecule has 198 valence electrons. The molecule has 0 N–H and O–H groups in total. The molecule has 0 spiro atoms. The highest BCUT2D eigenvalue weighted by molar-refractivity contribution is 14.0. The number of aromatic nitrogens is 1.